The lowest BCUT2D eigenvalue weighted by Gasteiger charge is -2.36. The molecule has 3 atom stereocenters. The lowest BCUT2D eigenvalue weighted by molar-refractivity contribution is 0.368. The summed E-state index contributed by atoms with van der Waals surface area (Å²) in [6.45, 7) is 0. The molecule has 1 aromatic rings. The van der Waals surface area contributed by atoms with Crippen LogP contribution in [0.3, 0.4) is 0 Å². The van der Waals surface area contributed by atoms with Gasteiger partial charge in [0.15, 0.2) is 0 Å². The van der Waals surface area contributed by atoms with E-state index in [9.17, 15) is 0 Å². The van der Waals surface area contributed by atoms with Gasteiger partial charge in [0.05, 0.1) is 0 Å². The number of nitrogens with one attached hydrogen (secondary N) is 1. The number of hydrogen-bond donors (Lipinski definition) is 1. The molecule has 2 heteroatoms. The van der Waals surface area contributed by atoms with Crippen molar-refractivity contribution in [3.8, 4) is 0 Å². The second-order valence-corrected chi connectivity index (χ2v) is 8.11. The maximum absolute atomic E-state index is 3.58. The highest BCUT2D eigenvalue weighted by Crippen LogP contribution is 2.40. The predicted octanol–water partition coefficient (Wildman–Crippen LogP) is 4.83. The molecule has 0 amide bonds. The third kappa shape index (κ3) is 4.04. The average Bonchev–Trinajstić information content (AvgIpc) is 3.07. The van der Waals surface area contributed by atoms with Crippen LogP contribution < -0.4 is 5.32 Å². The third-order valence-electron chi connectivity index (χ3n) is 5.45. The first-order chi connectivity index (χ1) is 10.4. The van der Waals surface area contributed by atoms with Crippen LogP contribution in [0.25, 0.3) is 0 Å². The molecule has 0 radical (unpaired) electrons. The van der Waals surface area contributed by atoms with E-state index in [4.69, 9.17) is 0 Å². The molecule has 2 aliphatic rings. The van der Waals surface area contributed by atoms with Crippen LogP contribution in [0.2, 0.25) is 0 Å². The fraction of sp³-hybridized carbons (Fsp3) is 0.684. The van der Waals surface area contributed by atoms with Gasteiger partial charge in [0.2, 0.25) is 0 Å². The number of benzene rings is 1. The predicted molar refractivity (Wildman–Crippen MR) is 94.1 cm³/mol. The van der Waals surface area contributed by atoms with E-state index in [1.807, 2.05) is 0 Å². The normalized spacial score (nSPS) is 30.6. The van der Waals surface area contributed by atoms with Crippen molar-refractivity contribution in [3.63, 3.8) is 0 Å². The van der Waals surface area contributed by atoms with Gasteiger partial charge in [0.1, 0.15) is 0 Å². The summed E-state index contributed by atoms with van der Waals surface area (Å²) in [6, 6.07) is 11.9. The summed E-state index contributed by atoms with van der Waals surface area (Å²) in [7, 11) is 2.15. The Hall–Kier alpha value is -0.470. The summed E-state index contributed by atoms with van der Waals surface area (Å²) in [4.78, 5) is 0. The topological polar surface area (TPSA) is 12.0 Å². The van der Waals surface area contributed by atoms with Crippen molar-refractivity contribution in [2.45, 2.75) is 62.2 Å². The minimum Gasteiger partial charge on any atom is -0.316 e. The van der Waals surface area contributed by atoms with Crippen LogP contribution in [0.4, 0.5) is 0 Å². The minimum absolute atomic E-state index is 0.719. The molecule has 0 spiro atoms. The average molecular weight is 304 g/mol. The summed E-state index contributed by atoms with van der Waals surface area (Å²) in [6.07, 6.45) is 9.93. The van der Waals surface area contributed by atoms with E-state index in [-0.39, 0.29) is 0 Å². The fourth-order valence-corrected chi connectivity index (χ4v) is 5.83. The Bertz CT molecular complexity index is 413. The summed E-state index contributed by atoms with van der Waals surface area (Å²) in [5, 5.41) is 4.38. The van der Waals surface area contributed by atoms with Gasteiger partial charge >= 0.3 is 0 Å². The van der Waals surface area contributed by atoms with Gasteiger partial charge in [-0.15, -0.1) is 0 Å². The van der Waals surface area contributed by atoms with E-state index in [1.54, 1.807) is 5.56 Å². The summed E-state index contributed by atoms with van der Waals surface area (Å²) >= 11 is 2.26. The zero-order chi connectivity index (χ0) is 14.5. The molecular formula is C19H29NS. The van der Waals surface area contributed by atoms with E-state index < -0.39 is 0 Å². The molecule has 0 aliphatic heterocycles. The lowest BCUT2D eigenvalue weighted by atomic mass is 9.81. The first-order valence-electron chi connectivity index (χ1n) is 8.70. The summed E-state index contributed by atoms with van der Waals surface area (Å²) in [5.74, 6) is 3.17. The van der Waals surface area contributed by atoms with Crippen molar-refractivity contribution in [3.05, 3.63) is 35.9 Å². The smallest absolute Gasteiger partial charge is 0.0206 e. The van der Waals surface area contributed by atoms with Gasteiger partial charge in [-0.05, 0) is 62.3 Å². The number of rotatable bonds is 5. The quantitative estimate of drug-likeness (QED) is 0.836. The van der Waals surface area contributed by atoms with E-state index in [0.717, 1.165) is 23.1 Å². The highest BCUT2D eigenvalue weighted by atomic mass is 32.2. The van der Waals surface area contributed by atoms with Crippen LogP contribution in [0.1, 0.15) is 56.4 Å². The number of hydrogen-bond acceptors (Lipinski definition) is 2. The van der Waals surface area contributed by atoms with Crippen LogP contribution in [0.15, 0.2) is 30.3 Å². The molecule has 0 bridgehead atoms. The number of thioether (sulfide) groups is 1. The Morgan fingerprint density at radius 2 is 1.81 bits per heavy atom. The van der Waals surface area contributed by atoms with Crippen molar-refractivity contribution in [2.75, 3.05) is 12.8 Å². The second-order valence-electron chi connectivity index (χ2n) is 6.84. The van der Waals surface area contributed by atoms with Crippen LogP contribution in [0.5, 0.6) is 0 Å². The SMILES string of the molecule is CNC1CCC(c2ccccc2)CC1SCC1CCCC1. The zero-order valence-electron chi connectivity index (χ0n) is 13.3. The Kier molecular flexibility index (Phi) is 5.65. The molecule has 1 N–H and O–H groups in total. The highest BCUT2D eigenvalue weighted by Gasteiger charge is 2.31. The molecule has 1 aromatic carbocycles. The molecule has 116 valence electrons. The van der Waals surface area contributed by atoms with Gasteiger partial charge in [-0.1, -0.05) is 43.2 Å². The van der Waals surface area contributed by atoms with E-state index in [2.05, 4.69) is 54.5 Å². The molecular weight excluding hydrogens is 274 g/mol. The molecule has 2 aliphatic carbocycles. The standard InChI is InChI=1S/C19H29NS/c1-20-18-12-11-17(16-9-3-2-4-10-16)13-19(18)21-14-15-7-5-6-8-15/h2-4,9-10,15,17-20H,5-8,11-14H2,1H3. The maximum Gasteiger partial charge on any atom is 0.0206 e. The van der Waals surface area contributed by atoms with Crippen LogP contribution in [-0.2, 0) is 0 Å². The molecule has 0 aromatic heterocycles. The largest absolute Gasteiger partial charge is 0.316 e. The Morgan fingerprint density at radius 3 is 2.52 bits per heavy atom. The Labute approximate surface area is 134 Å². The van der Waals surface area contributed by atoms with Crippen molar-refractivity contribution < 1.29 is 0 Å². The Morgan fingerprint density at radius 1 is 1.05 bits per heavy atom. The van der Waals surface area contributed by atoms with Crippen molar-refractivity contribution >= 4 is 11.8 Å². The van der Waals surface area contributed by atoms with Crippen molar-refractivity contribution in [2.24, 2.45) is 5.92 Å². The van der Waals surface area contributed by atoms with Gasteiger partial charge in [0.25, 0.3) is 0 Å². The molecule has 3 unspecified atom stereocenters. The first-order valence-corrected chi connectivity index (χ1v) is 9.75. The van der Waals surface area contributed by atoms with Gasteiger partial charge in [-0.25, -0.2) is 0 Å². The lowest BCUT2D eigenvalue weighted by Crippen LogP contribution is -2.40. The Balaban J connectivity index is 1.58. The molecule has 21 heavy (non-hydrogen) atoms. The molecule has 0 heterocycles. The van der Waals surface area contributed by atoms with Gasteiger partial charge in [-0.2, -0.15) is 11.8 Å². The monoisotopic (exact) mass is 303 g/mol. The van der Waals surface area contributed by atoms with E-state index in [0.29, 0.717) is 0 Å². The van der Waals surface area contributed by atoms with Crippen LogP contribution >= 0.6 is 11.8 Å². The molecule has 1 nitrogen and oxygen atoms in total. The summed E-state index contributed by atoms with van der Waals surface area (Å²) < 4.78 is 0. The van der Waals surface area contributed by atoms with E-state index in [1.165, 1.54) is 50.7 Å². The first kappa shape index (κ1) is 15.4. The van der Waals surface area contributed by atoms with Crippen molar-refractivity contribution in [1.29, 1.82) is 0 Å². The summed E-state index contributed by atoms with van der Waals surface area (Å²) in [5.41, 5.74) is 1.55. The molecule has 3 rings (SSSR count). The van der Waals surface area contributed by atoms with Gasteiger partial charge < -0.3 is 5.32 Å². The fourth-order valence-electron chi connectivity index (χ4n) is 4.11. The van der Waals surface area contributed by atoms with Crippen LogP contribution in [-0.4, -0.2) is 24.1 Å². The zero-order valence-corrected chi connectivity index (χ0v) is 14.1. The van der Waals surface area contributed by atoms with Gasteiger partial charge in [0, 0.05) is 11.3 Å². The molecule has 2 fully saturated rings. The van der Waals surface area contributed by atoms with E-state index >= 15 is 0 Å². The minimum atomic E-state index is 0.719. The highest BCUT2D eigenvalue weighted by molar-refractivity contribution is 7.99. The van der Waals surface area contributed by atoms with Crippen molar-refractivity contribution in [1.82, 2.24) is 5.32 Å². The maximum atomic E-state index is 3.58. The second kappa shape index (κ2) is 7.69. The molecule has 2 saturated carbocycles. The molecule has 0 saturated heterocycles. The third-order valence-corrected chi connectivity index (χ3v) is 7.07. The van der Waals surface area contributed by atoms with Crippen LogP contribution in [0, 0.1) is 5.92 Å². The van der Waals surface area contributed by atoms with Gasteiger partial charge in [-0.3, -0.25) is 0 Å².